The van der Waals surface area contributed by atoms with Gasteiger partial charge in [0.25, 0.3) is 0 Å². The number of rotatable bonds is 5. The Morgan fingerprint density at radius 1 is 1.05 bits per heavy atom. The lowest BCUT2D eigenvalue weighted by Gasteiger charge is -2.09. The summed E-state index contributed by atoms with van der Waals surface area (Å²) in [6, 6.07) is 13.7. The number of phenolic OH excluding ortho intramolecular Hbond substituents is 1. The Labute approximate surface area is 123 Å². The maximum Gasteiger partial charge on any atom is 0.179 e. The third-order valence-corrected chi connectivity index (χ3v) is 5.91. The van der Waals surface area contributed by atoms with Gasteiger partial charge in [0.15, 0.2) is 9.84 Å². The maximum atomic E-state index is 12.2. The Morgan fingerprint density at radius 2 is 1.70 bits per heavy atom. The van der Waals surface area contributed by atoms with E-state index < -0.39 is 9.84 Å². The van der Waals surface area contributed by atoms with Crippen molar-refractivity contribution in [1.82, 2.24) is 0 Å². The molecule has 106 valence electrons. The first-order valence-corrected chi connectivity index (χ1v) is 8.78. The van der Waals surface area contributed by atoms with Gasteiger partial charge in [0.1, 0.15) is 5.75 Å². The van der Waals surface area contributed by atoms with Gasteiger partial charge < -0.3 is 5.11 Å². The Balaban J connectivity index is 2.35. The fourth-order valence-corrected chi connectivity index (χ4v) is 4.58. The van der Waals surface area contributed by atoms with Gasteiger partial charge in [0.2, 0.25) is 0 Å². The summed E-state index contributed by atoms with van der Waals surface area (Å²) in [5.74, 6) is 0.349. The van der Waals surface area contributed by atoms with Crippen molar-refractivity contribution in [1.29, 1.82) is 0 Å². The number of aromatic hydroxyl groups is 1. The summed E-state index contributed by atoms with van der Waals surface area (Å²) in [6.07, 6.45) is 0.598. The molecule has 0 heterocycles. The fourth-order valence-electron chi connectivity index (χ4n) is 1.81. The van der Waals surface area contributed by atoms with Crippen LogP contribution < -0.4 is 0 Å². The molecule has 0 atom stereocenters. The monoisotopic (exact) mass is 308 g/mol. The van der Waals surface area contributed by atoms with Crippen molar-refractivity contribution in [2.45, 2.75) is 28.0 Å². The van der Waals surface area contributed by atoms with E-state index in [9.17, 15) is 13.5 Å². The van der Waals surface area contributed by atoms with E-state index in [0.717, 1.165) is 4.90 Å². The smallest absolute Gasteiger partial charge is 0.179 e. The van der Waals surface area contributed by atoms with Crippen LogP contribution in [0.25, 0.3) is 0 Å². The van der Waals surface area contributed by atoms with Crippen molar-refractivity contribution >= 4 is 21.6 Å². The van der Waals surface area contributed by atoms with E-state index in [1.165, 1.54) is 11.8 Å². The van der Waals surface area contributed by atoms with Gasteiger partial charge in [0.05, 0.1) is 10.6 Å². The molecule has 0 fully saturated rings. The van der Waals surface area contributed by atoms with Gasteiger partial charge in [0, 0.05) is 9.79 Å². The summed E-state index contributed by atoms with van der Waals surface area (Å²) >= 11 is 1.39. The van der Waals surface area contributed by atoms with Crippen LogP contribution in [-0.2, 0) is 9.84 Å². The molecule has 0 aliphatic carbocycles. The first-order chi connectivity index (χ1) is 9.53. The topological polar surface area (TPSA) is 54.4 Å². The Bertz CT molecular complexity index is 677. The number of benzene rings is 2. The van der Waals surface area contributed by atoms with E-state index in [2.05, 4.69) is 0 Å². The Kier molecular flexibility index (Phi) is 4.73. The van der Waals surface area contributed by atoms with Crippen LogP contribution in [0.4, 0.5) is 0 Å². The molecule has 0 aliphatic rings. The molecule has 2 aromatic rings. The molecule has 0 radical (unpaired) electrons. The SMILES string of the molecule is CCCS(=O)(=O)c1ccccc1Sc1ccc(O)cc1. The molecule has 1 N–H and O–H groups in total. The summed E-state index contributed by atoms with van der Waals surface area (Å²) in [5, 5.41) is 9.27. The zero-order valence-electron chi connectivity index (χ0n) is 11.1. The van der Waals surface area contributed by atoms with Crippen LogP contribution in [0.15, 0.2) is 63.2 Å². The van der Waals surface area contributed by atoms with Crippen LogP contribution in [0.1, 0.15) is 13.3 Å². The largest absolute Gasteiger partial charge is 0.508 e. The molecular formula is C15H16O3S2. The van der Waals surface area contributed by atoms with E-state index in [1.54, 1.807) is 42.5 Å². The molecule has 0 unspecified atom stereocenters. The van der Waals surface area contributed by atoms with Gasteiger partial charge in [-0.3, -0.25) is 0 Å². The lowest BCUT2D eigenvalue weighted by atomic mass is 10.3. The number of hydrogen-bond donors (Lipinski definition) is 1. The van der Waals surface area contributed by atoms with Gasteiger partial charge >= 0.3 is 0 Å². The predicted molar refractivity (Wildman–Crippen MR) is 81.0 cm³/mol. The zero-order valence-corrected chi connectivity index (χ0v) is 12.7. The summed E-state index contributed by atoms with van der Waals surface area (Å²) in [4.78, 5) is 1.98. The van der Waals surface area contributed by atoms with Gasteiger partial charge in [-0.15, -0.1) is 0 Å². The molecule has 2 aromatic carbocycles. The molecule has 5 heteroatoms. The highest BCUT2D eigenvalue weighted by molar-refractivity contribution is 8.00. The average Bonchev–Trinajstić information content (AvgIpc) is 2.42. The second kappa shape index (κ2) is 6.33. The molecule has 0 aromatic heterocycles. The number of phenols is 1. The number of sulfone groups is 1. The quantitative estimate of drug-likeness (QED) is 0.914. The molecule has 3 nitrogen and oxygen atoms in total. The Morgan fingerprint density at radius 3 is 2.35 bits per heavy atom. The van der Waals surface area contributed by atoms with Crippen molar-refractivity contribution in [3.05, 3.63) is 48.5 Å². The van der Waals surface area contributed by atoms with E-state index in [-0.39, 0.29) is 11.5 Å². The molecule has 0 bridgehead atoms. The lowest BCUT2D eigenvalue weighted by molar-refractivity contribution is 0.475. The van der Waals surface area contributed by atoms with Crippen molar-refractivity contribution in [3.8, 4) is 5.75 Å². The highest BCUT2D eigenvalue weighted by Gasteiger charge is 2.17. The second-order valence-corrected chi connectivity index (χ2v) is 7.55. The van der Waals surface area contributed by atoms with Crippen molar-refractivity contribution in [3.63, 3.8) is 0 Å². The van der Waals surface area contributed by atoms with Crippen molar-refractivity contribution in [2.75, 3.05) is 5.75 Å². The molecule has 0 spiro atoms. The minimum absolute atomic E-state index is 0.153. The normalized spacial score (nSPS) is 11.4. The first kappa shape index (κ1) is 14.9. The van der Waals surface area contributed by atoms with Crippen LogP contribution in [0.5, 0.6) is 5.75 Å². The molecule has 2 rings (SSSR count). The fraction of sp³-hybridized carbons (Fsp3) is 0.200. The molecule has 20 heavy (non-hydrogen) atoms. The number of hydrogen-bond acceptors (Lipinski definition) is 4. The molecule has 0 saturated carbocycles. The van der Waals surface area contributed by atoms with Crippen LogP contribution >= 0.6 is 11.8 Å². The maximum absolute atomic E-state index is 12.2. The third-order valence-electron chi connectivity index (χ3n) is 2.72. The summed E-state index contributed by atoms with van der Waals surface area (Å²) in [7, 11) is -3.24. The van der Waals surface area contributed by atoms with Crippen molar-refractivity contribution < 1.29 is 13.5 Å². The zero-order chi connectivity index (χ0) is 14.6. The van der Waals surface area contributed by atoms with Gasteiger partial charge in [-0.25, -0.2) is 8.42 Å². The lowest BCUT2D eigenvalue weighted by Crippen LogP contribution is -2.07. The minimum atomic E-state index is -3.24. The van der Waals surface area contributed by atoms with Crippen LogP contribution in [0.2, 0.25) is 0 Å². The second-order valence-electron chi connectivity index (χ2n) is 4.36. The third kappa shape index (κ3) is 3.55. The Hall–Kier alpha value is -1.46. The molecule has 0 saturated heterocycles. The van der Waals surface area contributed by atoms with Gasteiger partial charge in [-0.1, -0.05) is 30.8 Å². The molecule has 0 amide bonds. The van der Waals surface area contributed by atoms with E-state index >= 15 is 0 Å². The first-order valence-electron chi connectivity index (χ1n) is 6.31. The van der Waals surface area contributed by atoms with Gasteiger partial charge in [-0.2, -0.15) is 0 Å². The summed E-state index contributed by atoms with van der Waals surface area (Å²) in [6.45, 7) is 1.85. The van der Waals surface area contributed by atoms with E-state index in [0.29, 0.717) is 16.2 Å². The van der Waals surface area contributed by atoms with Gasteiger partial charge in [-0.05, 0) is 42.8 Å². The highest BCUT2D eigenvalue weighted by atomic mass is 32.2. The van der Waals surface area contributed by atoms with Crippen LogP contribution in [0, 0.1) is 0 Å². The van der Waals surface area contributed by atoms with E-state index in [1.807, 2.05) is 13.0 Å². The summed E-state index contributed by atoms with van der Waals surface area (Å²) in [5.41, 5.74) is 0. The van der Waals surface area contributed by atoms with Crippen molar-refractivity contribution in [2.24, 2.45) is 0 Å². The van der Waals surface area contributed by atoms with Crippen LogP contribution in [0.3, 0.4) is 0 Å². The predicted octanol–water partition coefficient (Wildman–Crippen LogP) is 3.73. The van der Waals surface area contributed by atoms with Crippen LogP contribution in [-0.4, -0.2) is 19.3 Å². The molecule has 0 aliphatic heterocycles. The summed E-state index contributed by atoms with van der Waals surface area (Å²) < 4.78 is 24.5. The average molecular weight is 308 g/mol. The standard InChI is InChI=1S/C15H16O3S2/c1-2-11-20(17,18)15-6-4-3-5-14(15)19-13-9-7-12(16)8-10-13/h3-10,16H,2,11H2,1H3. The van der Waals surface area contributed by atoms with E-state index in [4.69, 9.17) is 0 Å². The molecular weight excluding hydrogens is 292 g/mol. The highest BCUT2D eigenvalue weighted by Crippen LogP contribution is 2.33. The minimum Gasteiger partial charge on any atom is -0.508 e.